The summed E-state index contributed by atoms with van der Waals surface area (Å²) in [5.74, 6) is 1.17. The molecule has 0 unspecified atom stereocenters. The summed E-state index contributed by atoms with van der Waals surface area (Å²) in [6.07, 6.45) is 0. The van der Waals surface area contributed by atoms with Gasteiger partial charge in [0.2, 0.25) is 6.79 Å². The minimum Gasteiger partial charge on any atom is -0.454 e. The van der Waals surface area contributed by atoms with Crippen molar-refractivity contribution in [3.63, 3.8) is 0 Å². The van der Waals surface area contributed by atoms with Crippen LogP contribution in [0.1, 0.15) is 28.9 Å². The molecule has 4 heteroatoms. The Labute approximate surface area is 80.8 Å². The van der Waals surface area contributed by atoms with Crippen LogP contribution in [0, 0.1) is 0 Å². The summed E-state index contributed by atoms with van der Waals surface area (Å²) in [7, 11) is 0. The van der Waals surface area contributed by atoms with Crippen molar-refractivity contribution in [3.05, 3.63) is 23.3 Å². The zero-order valence-corrected chi connectivity index (χ0v) is 7.66. The van der Waals surface area contributed by atoms with E-state index in [0.29, 0.717) is 17.1 Å². The monoisotopic (exact) mass is 191 g/mol. The SMILES string of the molecule is C[C@@H]1NC(=O)c2c1ccc1c2OCO1. The first-order valence-electron chi connectivity index (χ1n) is 4.51. The second-order valence-electron chi connectivity index (χ2n) is 3.46. The van der Waals surface area contributed by atoms with E-state index < -0.39 is 0 Å². The average Bonchev–Trinajstić information content (AvgIpc) is 2.71. The molecule has 0 spiro atoms. The predicted molar refractivity (Wildman–Crippen MR) is 48.4 cm³/mol. The van der Waals surface area contributed by atoms with E-state index >= 15 is 0 Å². The smallest absolute Gasteiger partial charge is 0.256 e. The topological polar surface area (TPSA) is 47.6 Å². The fourth-order valence-corrected chi connectivity index (χ4v) is 1.93. The number of fused-ring (bicyclic) bond motifs is 3. The molecule has 2 aliphatic heterocycles. The lowest BCUT2D eigenvalue weighted by Gasteiger charge is -2.03. The predicted octanol–water partition coefficient (Wildman–Crippen LogP) is 1.22. The number of ether oxygens (including phenoxy) is 2. The molecule has 0 fully saturated rings. The number of benzene rings is 1. The Bertz CT molecular complexity index is 428. The van der Waals surface area contributed by atoms with Crippen LogP contribution in [0.15, 0.2) is 12.1 Å². The van der Waals surface area contributed by atoms with Crippen LogP contribution in [-0.2, 0) is 0 Å². The summed E-state index contributed by atoms with van der Waals surface area (Å²) < 4.78 is 10.5. The Kier molecular flexibility index (Phi) is 1.32. The third kappa shape index (κ3) is 0.801. The third-order valence-electron chi connectivity index (χ3n) is 2.61. The summed E-state index contributed by atoms with van der Waals surface area (Å²) >= 11 is 0. The maximum Gasteiger partial charge on any atom is 0.256 e. The maximum absolute atomic E-state index is 11.6. The number of carbonyl (C=O) groups is 1. The standard InChI is InChI=1S/C10H9NO3/c1-5-6-2-3-7-9(14-4-13-7)8(6)10(12)11-5/h2-3,5H,4H2,1H3,(H,11,12)/t5-/m0/s1. The van der Waals surface area contributed by atoms with Gasteiger partial charge in [0.25, 0.3) is 5.91 Å². The molecular weight excluding hydrogens is 182 g/mol. The van der Waals surface area contributed by atoms with Gasteiger partial charge in [-0.05, 0) is 18.6 Å². The van der Waals surface area contributed by atoms with Crippen molar-refractivity contribution in [3.8, 4) is 11.5 Å². The number of carbonyl (C=O) groups excluding carboxylic acids is 1. The summed E-state index contributed by atoms with van der Waals surface area (Å²) in [4.78, 5) is 11.6. The van der Waals surface area contributed by atoms with E-state index in [1.165, 1.54) is 0 Å². The van der Waals surface area contributed by atoms with Crippen LogP contribution in [-0.4, -0.2) is 12.7 Å². The lowest BCUT2D eigenvalue weighted by molar-refractivity contribution is 0.0954. The first-order valence-corrected chi connectivity index (χ1v) is 4.51. The Balaban J connectivity index is 2.28. The molecule has 1 amide bonds. The maximum atomic E-state index is 11.6. The number of hydrogen-bond acceptors (Lipinski definition) is 3. The molecule has 0 bridgehead atoms. The van der Waals surface area contributed by atoms with Crippen LogP contribution in [0.4, 0.5) is 0 Å². The molecule has 1 atom stereocenters. The van der Waals surface area contributed by atoms with Crippen LogP contribution in [0.2, 0.25) is 0 Å². The van der Waals surface area contributed by atoms with E-state index in [0.717, 1.165) is 5.56 Å². The van der Waals surface area contributed by atoms with Crippen LogP contribution in [0.3, 0.4) is 0 Å². The fourth-order valence-electron chi connectivity index (χ4n) is 1.93. The molecule has 0 saturated heterocycles. The number of hydrogen-bond donors (Lipinski definition) is 1. The summed E-state index contributed by atoms with van der Waals surface area (Å²) in [5.41, 5.74) is 1.62. The zero-order chi connectivity index (χ0) is 9.71. The van der Waals surface area contributed by atoms with E-state index in [1.54, 1.807) is 0 Å². The quantitative estimate of drug-likeness (QED) is 0.670. The Morgan fingerprint density at radius 3 is 3.14 bits per heavy atom. The molecular formula is C10H9NO3. The van der Waals surface area contributed by atoms with Crippen LogP contribution >= 0.6 is 0 Å². The van der Waals surface area contributed by atoms with E-state index in [2.05, 4.69) is 5.32 Å². The summed E-state index contributed by atoms with van der Waals surface area (Å²) in [6, 6.07) is 3.82. The molecule has 0 radical (unpaired) electrons. The van der Waals surface area contributed by atoms with Crippen molar-refractivity contribution in [1.82, 2.24) is 5.32 Å². The summed E-state index contributed by atoms with van der Waals surface area (Å²) in [5, 5.41) is 2.84. The van der Waals surface area contributed by atoms with Gasteiger partial charge in [-0.3, -0.25) is 4.79 Å². The number of nitrogens with one attached hydrogen (secondary N) is 1. The molecule has 4 nitrogen and oxygen atoms in total. The van der Waals surface area contributed by atoms with Crippen molar-refractivity contribution in [2.24, 2.45) is 0 Å². The normalized spacial score (nSPS) is 22.1. The molecule has 72 valence electrons. The lowest BCUT2D eigenvalue weighted by atomic mass is 10.0. The first-order chi connectivity index (χ1) is 6.77. The third-order valence-corrected chi connectivity index (χ3v) is 2.61. The molecule has 1 N–H and O–H groups in total. The van der Waals surface area contributed by atoms with Gasteiger partial charge in [-0.1, -0.05) is 6.07 Å². The first kappa shape index (κ1) is 7.67. The second-order valence-corrected chi connectivity index (χ2v) is 3.46. The van der Waals surface area contributed by atoms with Crippen molar-refractivity contribution < 1.29 is 14.3 Å². The highest BCUT2D eigenvalue weighted by Crippen LogP contribution is 2.41. The Morgan fingerprint density at radius 2 is 2.29 bits per heavy atom. The molecule has 0 saturated carbocycles. The van der Waals surface area contributed by atoms with Crippen molar-refractivity contribution in [2.75, 3.05) is 6.79 Å². The largest absolute Gasteiger partial charge is 0.454 e. The Hall–Kier alpha value is -1.71. The number of rotatable bonds is 0. The minimum atomic E-state index is -0.0742. The molecule has 1 aromatic rings. The van der Waals surface area contributed by atoms with E-state index in [-0.39, 0.29) is 18.7 Å². The molecule has 0 aromatic heterocycles. The fraction of sp³-hybridized carbons (Fsp3) is 0.300. The van der Waals surface area contributed by atoms with Crippen LogP contribution in [0.5, 0.6) is 11.5 Å². The molecule has 1 aromatic carbocycles. The summed E-state index contributed by atoms with van der Waals surface area (Å²) in [6.45, 7) is 2.15. The van der Waals surface area contributed by atoms with Crippen molar-refractivity contribution >= 4 is 5.91 Å². The van der Waals surface area contributed by atoms with Gasteiger partial charge in [0, 0.05) is 0 Å². The molecule has 14 heavy (non-hydrogen) atoms. The Morgan fingerprint density at radius 1 is 1.43 bits per heavy atom. The van der Waals surface area contributed by atoms with Gasteiger partial charge in [0.05, 0.1) is 11.6 Å². The average molecular weight is 191 g/mol. The van der Waals surface area contributed by atoms with Gasteiger partial charge in [-0.15, -0.1) is 0 Å². The van der Waals surface area contributed by atoms with Gasteiger partial charge in [-0.2, -0.15) is 0 Å². The number of amides is 1. The highest BCUT2D eigenvalue weighted by molar-refractivity contribution is 6.02. The lowest BCUT2D eigenvalue weighted by Crippen LogP contribution is -2.16. The zero-order valence-electron chi connectivity index (χ0n) is 7.66. The highest BCUT2D eigenvalue weighted by atomic mass is 16.7. The van der Waals surface area contributed by atoms with Crippen LogP contribution in [0.25, 0.3) is 0 Å². The minimum absolute atomic E-state index is 0.0620. The van der Waals surface area contributed by atoms with Gasteiger partial charge >= 0.3 is 0 Å². The highest BCUT2D eigenvalue weighted by Gasteiger charge is 2.32. The van der Waals surface area contributed by atoms with Crippen molar-refractivity contribution in [2.45, 2.75) is 13.0 Å². The molecule has 3 rings (SSSR count). The molecule has 2 aliphatic rings. The van der Waals surface area contributed by atoms with Gasteiger partial charge < -0.3 is 14.8 Å². The molecule has 2 heterocycles. The van der Waals surface area contributed by atoms with E-state index in [4.69, 9.17) is 9.47 Å². The van der Waals surface area contributed by atoms with Gasteiger partial charge in [0.1, 0.15) is 0 Å². The van der Waals surface area contributed by atoms with Gasteiger partial charge in [0.15, 0.2) is 11.5 Å². The van der Waals surface area contributed by atoms with Crippen LogP contribution < -0.4 is 14.8 Å². The van der Waals surface area contributed by atoms with E-state index in [9.17, 15) is 4.79 Å². The van der Waals surface area contributed by atoms with Gasteiger partial charge in [-0.25, -0.2) is 0 Å². The second kappa shape index (κ2) is 2.41. The van der Waals surface area contributed by atoms with E-state index in [1.807, 2.05) is 19.1 Å². The van der Waals surface area contributed by atoms with Crippen molar-refractivity contribution in [1.29, 1.82) is 0 Å². The molecule has 0 aliphatic carbocycles.